The third-order valence-corrected chi connectivity index (χ3v) is 9.75. The molecule has 3 amide bonds. The highest BCUT2D eigenvalue weighted by Gasteiger charge is 2.37. The van der Waals surface area contributed by atoms with Gasteiger partial charge in [0.25, 0.3) is 5.91 Å². The average molecular weight is 724 g/mol. The monoisotopic (exact) mass is 722 g/mol. The molecule has 0 unspecified atom stereocenters. The van der Waals surface area contributed by atoms with Gasteiger partial charge in [-0.2, -0.15) is 13.2 Å². The summed E-state index contributed by atoms with van der Waals surface area (Å²) in [7, 11) is -2.57. The Balaban J connectivity index is 1.77. The summed E-state index contributed by atoms with van der Waals surface area (Å²) in [5.74, 6) is -1.99. The second kappa shape index (κ2) is 15.4. The first-order valence-electron chi connectivity index (χ1n) is 14.9. The van der Waals surface area contributed by atoms with E-state index in [-0.39, 0.29) is 64.0 Å². The smallest absolute Gasteiger partial charge is 0.416 e. The molecule has 16 heteroatoms. The van der Waals surface area contributed by atoms with Gasteiger partial charge in [-0.15, -0.1) is 0 Å². The van der Waals surface area contributed by atoms with Crippen molar-refractivity contribution in [2.45, 2.75) is 63.8 Å². The highest BCUT2D eigenvalue weighted by molar-refractivity contribution is 7.91. The van der Waals surface area contributed by atoms with Crippen LogP contribution in [0.2, 0.25) is 10.0 Å². The Kier molecular flexibility index (Phi) is 12.6. The van der Waals surface area contributed by atoms with E-state index < -0.39 is 50.7 Å². The maximum absolute atomic E-state index is 14.4. The van der Waals surface area contributed by atoms with Crippen LogP contribution in [0.4, 0.5) is 23.7 Å². The van der Waals surface area contributed by atoms with Gasteiger partial charge in [0.15, 0.2) is 9.84 Å². The van der Waals surface area contributed by atoms with Gasteiger partial charge in [0, 0.05) is 48.8 Å². The van der Waals surface area contributed by atoms with Gasteiger partial charge in [-0.05, 0) is 76.1 Å². The van der Waals surface area contributed by atoms with Crippen molar-refractivity contribution in [1.29, 1.82) is 0 Å². The number of carbonyl (C=O) groups is 3. The number of ether oxygens (including phenoxy) is 1. The van der Waals surface area contributed by atoms with Crippen molar-refractivity contribution in [2.24, 2.45) is 5.92 Å². The SMILES string of the molecule is CCS(=O)(=O)c1ccc(Cl)cc1N(C)C(=O)c1cc(Cl)c(CN2CCC[C@H](C(=O)NCCNC(=O)OC(C)(C)C)C2)c(C(F)(F)F)c1. The van der Waals surface area contributed by atoms with E-state index in [1.807, 2.05) is 0 Å². The first kappa shape index (κ1) is 38.4. The van der Waals surface area contributed by atoms with Gasteiger partial charge >= 0.3 is 12.3 Å². The average Bonchev–Trinajstić information content (AvgIpc) is 2.97. The number of benzene rings is 2. The molecule has 3 rings (SSSR count). The Morgan fingerprint density at radius 1 is 1.06 bits per heavy atom. The van der Waals surface area contributed by atoms with Crippen molar-refractivity contribution in [2.75, 3.05) is 43.9 Å². The van der Waals surface area contributed by atoms with E-state index in [2.05, 4.69) is 10.6 Å². The zero-order valence-electron chi connectivity index (χ0n) is 26.8. The molecule has 0 spiro atoms. The van der Waals surface area contributed by atoms with Crippen LogP contribution >= 0.6 is 23.2 Å². The molecule has 1 heterocycles. The predicted molar refractivity (Wildman–Crippen MR) is 174 cm³/mol. The topological polar surface area (TPSA) is 125 Å². The van der Waals surface area contributed by atoms with Crippen LogP contribution in [0.1, 0.15) is 62.0 Å². The van der Waals surface area contributed by atoms with Crippen LogP contribution < -0.4 is 15.5 Å². The van der Waals surface area contributed by atoms with Crippen LogP contribution in [0, 0.1) is 5.92 Å². The molecular formula is C31H39Cl2F3N4O6S. The van der Waals surface area contributed by atoms with Gasteiger partial charge in [0.05, 0.1) is 27.8 Å². The number of rotatable bonds is 10. The fourth-order valence-corrected chi connectivity index (χ4v) is 6.64. The van der Waals surface area contributed by atoms with Gasteiger partial charge in [-0.3, -0.25) is 14.5 Å². The highest BCUT2D eigenvalue weighted by Crippen LogP contribution is 2.38. The molecule has 47 heavy (non-hydrogen) atoms. The fraction of sp³-hybridized carbons (Fsp3) is 0.516. The molecule has 2 aromatic carbocycles. The van der Waals surface area contributed by atoms with Gasteiger partial charge in [-0.1, -0.05) is 30.1 Å². The summed E-state index contributed by atoms with van der Waals surface area (Å²) in [4.78, 5) is 40.5. The lowest BCUT2D eigenvalue weighted by molar-refractivity contribution is -0.138. The van der Waals surface area contributed by atoms with Crippen LogP contribution in [-0.4, -0.2) is 75.8 Å². The first-order chi connectivity index (χ1) is 21.7. The Morgan fingerprint density at radius 2 is 1.72 bits per heavy atom. The molecular weight excluding hydrogens is 684 g/mol. The molecule has 1 atom stereocenters. The van der Waals surface area contributed by atoms with E-state index in [4.69, 9.17) is 27.9 Å². The Bertz CT molecular complexity index is 1600. The van der Waals surface area contributed by atoms with Crippen molar-refractivity contribution in [3.05, 3.63) is 57.1 Å². The fourth-order valence-electron chi connectivity index (χ4n) is 5.09. The van der Waals surface area contributed by atoms with Crippen LogP contribution in [0.5, 0.6) is 0 Å². The summed E-state index contributed by atoms with van der Waals surface area (Å²) in [6.07, 6.45) is -4.42. The number of alkyl halides is 3. The summed E-state index contributed by atoms with van der Waals surface area (Å²) in [5.41, 5.74) is -2.52. The zero-order chi connectivity index (χ0) is 35.3. The largest absolute Gasteiger partial charge is 0.444 e. The number of likely N-dealkylation sites (tertiary alicyclic amines) is 1. The minimum Gasteiger partial charge on any atom is -0.444 e. The molecule has 0 saturated carbocycles. The summed E-state index contributed by atoms with van der Waals surface area (Å²) in [6.45, 7) is 7.24. The van der Waals surface area contributed by atoms with E-state index >= 15 is 0 Å². The van der Waals surface area contributed by atoms with E-state index in [0.29, 0.717) is 25.5 Å². The molecule has 1 fully saturated rings. The summed E-state index contributed by atoms with van der Waals surface area (Å²) < 4.78 is 73.7. The molecule has 1 aliphatic heterocycles. The summed E-state index contributed by atoms with van der Waals surface area (Å²) in [5, 5.41) is 5.11. The van der Waals surface area contributed by atoms with Gasteiger partial charge < -0.3 is 20.3 Å². The Morgan fingerprint density at radius 3 is 2.34 bits per heavy atom. The molecule has 2 N–H and O–H groups in total. The van der Waals surface area contributed by atoms with Crippen molar-refractivity contribution in [3.63, 3.8) is 0 Å². The van der Waals surface area contributed by atoms with Gasteiger partial charge in [-0.25, -0.2) is 13.2 Å². The number of sulfone groups is 1. The number of carbonyl (C=O) groups excluding carboxylic acids is 3. The molecule has 0 bridgehead atoms. The second-order valence-electron chi connectivity index (χ2n) is 12.2. The molecule has 0 aromatic heterocycles. The van der Waals surface area contributed by atoms with Crippen LogP contribution in [0.3, 0.4) is 0 Å². The molecule has 1 aliphatic rings. The third kappa shape index (κ3) is 10.5. The van der Waals surface area contributed by atoms with E-state index in [0.717, 1.165) is 11.0 Å². The van der Waals surface area contributed by atoms with E-state index in [9.17, 15) is 36.0 Å². The number of halogens is 5. The number of alkyl carbamates (subject to hydrolysis) is 1. The normalized spacial score (nSPS) is 16.0. The summed E-state index contributed by atoms with van der Waals surface area (Å²) in [6, 6.07) is 5.66. The van der Waals surface area contributed by atoms with Crippen molar-refractivity contribution >= 4 is 56.6 Å². The lowest BCUT2D eigenvalue weighted by Gasteiger charge is -2.33. The number of nitrogens with zero attached hydrogens (tertiary/aromatic N) is 2. The summed E-state index contributed by atoms with van der Waals surface area (Å²) >= 11 is 12.5. The minimum absolute atomic E-state index is 0.0867. The molecule has 10 nitrogen and oxygen atoms in total. The van der Waals surface area contributed by atoms with Crippen molar-refractivity contribution in [3.8, 4) is 0 Å². The van der Waals surface area contributed by atoms with Gasteiger partial charge in [0.2, 0.25) is 5.91 Å². The lowest BCUT2D eigenvalue weighted by atomic mass is 9.95. The lowest BCUT2D eigenvalue weighted by Crippen LogP contribution is -2.45. The minimum atomic E-state index is -4.88. The molecule has 1 saturated heterocycles. The molecule has 2 aromatic rings. The highest BCUT2D eigenvalue weighted by atomic mass is 35.5. The van der Waals surface area contributed by atoms with Crippen molar-refractivity contribution < 1.29 is 40.7 Å². The number of nitrogens with one attached hydrogen (secondary N) is 2. The second-order valence-corrected chi connectivity index (χ2v) is 15.2. The number of hydrogen-bond donors (Lipinski definition) is 2. The van der Waals surface area contributed by atoms with Crippen LogP contribution in [-0.2, 0) is 32.1 Å². The number of hydrogen-bond acceptors (Lipinski definition) is 7. The standard InChI is InChI=1S/C31H39Cl2F3N4O6S/c1-6-47(44,45)26-10-9-21(32)16-25(26)39(5)28(42)20-14-23(31(34,35)36)22(24(33)15-20)18-40-13-7-8-19(17-40)27(41)37-11-12-38-29(43)46-30(2,3)4/h9-10,14-16,19H,6-8,11-13,17-18H2,1-5H3,(H,37,41)(H,38,43)/t19-/m0/s1. The maximum Gasteiger partial charge on any atom is 0.416 e. The molecule has 0 radical (unpaired) electrons. The first-order valence-corrected chi connectivity index (χ1v) is 17.3. The quantitative estimate of drug-likeness (QED) is 0.291. The van der Waals surface area contributed by atoms with Crippen molar-refractivity contribution in [1.82, 2.24) is 15.5 Å². The maximum atomic E-state index is 14.4. The van der Waals surface area contributed by atoms with Gasteiger partial charge in [0.1, 0.15) is 5.60 Å². The molecule has 260 valence electrons. The van der Waals surface area contributed by atoms with E-state index in [1.54, 1.807) is 25.7 Å². The van der Waals surface area contributed by atoms with Crippen LogP contribution in [0.25, 0.3) is 0 Å². The zero-order valence-corrected chi connectivity index (χ0v) is 29.1. The number of anilines is 1. The number of amides is 3. The number of piperidine rings is 1. The molecule has 0 aliphatic carbocycles. The Hall–Kier alpha value is -3.07. The van der Waals surface area contributed by atoms with Crippen LogP contribution in [0.15, 0.2) is 35.2 Å². The predicted octanol–water partition coefficient (Wildman–Crippen LogP) is 5.94. The third-order valence-electron chi connectivity index (χ3n) is 7.40. The Labute approximate surface area is 282 Å². The van der Waals surface area contributed by atoms with E-state index in [1.165, 1.54) is 32.2 Å².